The molecule has 0 radical (unpaired) electrons. The van der Waals surface area contributed by atoms with E-state index in [4.69, 9.17) is 4.74 Å². The van der Waals surface area contributed by atoms with Gasteiger partial charge in [0.05, 0.1) is 13.2 Å². The number of hydrogen-bond donors (Lipinski definition) is 1. The molecule has 0 amide bonds. The van der Waals surface area contributed by atoms with E-state index in [-0.39, 0.29) is 24.7 Å². The van der Waals surface area contributed by atoms with Crippen molar-refractivity contribution >= 4 is 9.84 Å². The van der Waals surface area contributed by atoms with Gasteiger partial charge >= 0.3 is 0 Å². The number of benzene rings is 3. The van der Waals surface area contributed by atoms with Crippen molar-refractivity contribution in [3.63, 3.8) is 0 Å². The number of aliphatic hydroxyl groups is 1. The van der Waals surface area contributed by atoms with E-state index < -0.39 is 32.3 Å². The molecule has 3 aromatic rings. The van der Waals surface area contributed by atoms with Gasteiger partial charge < -0.3 is 9.84 Å². The quantitative estimate of drug-likeness (QED) is 0.564. The van der Waals surface area contributed by atoms with Crippen molar-refractivity contribution in [3.8, 4) is 5.75 Å². The number of halogens is 2. The van der Waals surface area contributed by atoms with Crippen LogP contribution in [-0.2, 0) is 9.84 Å². The van der Waals surface area contributed by atoms with Crippen molar-refractivity contribution in [2.75, 3.05) is 26.5 Å². The molecule has 2 unspecified atom stereocenters. The van der Waals surface area contributed by atoms with Crippen molar-refractivity contribution < 1.29 is 27.0 Å². The molecule has 0 aliphatic carbocycles. The fourth-order valence-electron chi connectivity index (χ4n) is 4.72. The number of β-amino-alcohol motifs (C(OH)–C–C–N with tert-alkyl or cyclic N) is 1. The summed E-state index contributed by atoms with van der Waals surface area (Å²) < 4.78 is 58.2. The van der Waals surface area contributed by atoms with Gasteiger partial charge in [0.2, 0.25) is 0 Å². The maximum atomic E-state index is 13.9. The van der Waals surface area contributed by atoms with Crippen molar-refractivity contribution in [3.05, 3.63) is 101 Å². The number of ether oxygens (including phenoxy) is 1. The molecule has 8 heteroatoms. The van der Waals surface area contributed by atoms with Crippen molar-refractivity contribution in [1.82, 2.24) is 4.90 Å². The summed E-state index contributed by atoms with van der Waals surface area (Å²) in [5.41, 5.74) is 0.111. The van der Waals surface area contributed by atoms with Gasteiger partial charge in [0.15, 0.2) is 9.84 Å². The van der Waals surface area contributed by atoms with Gasteiger partial charge in [0, 0.05) is 25.4 Å². The molecular weight excluding hydrogens is 448 g/mol. The van der Waals surface area contributed by atoms with Crippen LogP contribution in [0.4, 0.5) is 8.78 Å². The van der Waals surface area contributed by atoms with E-state index in [9.17, 15) is 22.3 Å². The zero-order valence-electron chi connectivity index (χ0n) is 18.3. The Kier molecular flexibility index (Phi) is 6.26. The van der Waals surface area contributed by atoms with E-state index in [1.807, 2.05) is 59.5 Å². The van der Waals surface area contributed by atoms with Crippen LogP contribution in [-0.4, -0.2) is 50.5 Å². The highest BCUT2D eigenvalue weighted by molar-refractivity contribution is 7.91. The Balaban J connectivity index is 1.69. The third-order valence-corrected chi connectivity index (χ3v) is 7.54. The van der Waals surface area contributed by atoms with E-state index in [1.54, 1.807) is 7.11 Å². The lowest BCUT2D eigenvalue weighted by Gasteiger charge is -2.53. The molecule has 0 bridgehead atoms. The first-order valence-corrected chi connectivity index (χ1v) is 12.4. The highest BCUT2D eigenvalue weighted by Gasteiger charge is 2.54. The van der Waals surface area contributed by atoms with Crippen LogP contribution < -0.4 is 4.74 Å². The van der Waals surface area contributed by atoms with E-state index in [0.717, 1.165) is 29.5 Å². The number of likely N-dealkylation sites (tertiary alicyclic amines) is 1. The number of nitrogens with zero attached hydrogens (tertiary/aromatic N) is 1. The number of sulfone groups is 1. The summed E-state index contributed by atoms with van der Waals surface area (Å²) in [6.45, 7) is 0.0168. The largest absolute Gasteiger partial charge is 0.497 e. The standard InChI is InChI=1S/C25H25F2NO4S/c1-32-22-10-8-18(9-11-22)23(17-6-4-3-5-7-17)28-15-25(29,16-28)24(33(2,30)31)19-12-20(26)14-21(27)13-19/h3-14,23-24,29H,15-16H2,1-2H3. The molecule has 0 saturated carbocycles. The second-order valence-electron chi connectivity index (χ2n) is 8.51. The summed E-state index contributed by atoms with van der Waals surface area (Å²) in [5, 5.41) is 9.89. The van der Waals surface area contributed by atoms with Crippen LogP contribution in [0.25, 0.3) is 0 Å². The van der Waals surface area contributed by atoms with Crippen LogP contribution in [0.5, 0.6) is 5.75 Å². The molecule has 33 heavy (non-hydrogen) atoms. The van der Waals surface area contributed by atoms with Crippen LogP contribution in [0.15, 0.2) is 72.8 Å². The zero-order valence-corrected chi connectivity index (χ0v) is 19.1. The molecule has 1 N–H and O–H groups in total. The third kappa shape index (κ3) is 4.78. The molecule has 2 atom stereocenters. The van der Waals surface area contributed by atoms with Crippen molar-refractivity contribution in [2.45, 2.75) is 16.9 Å². The Hall–Kier alpha value is -2.81. The Morgan fingerprint density at radius 2 is 1.45 bits per heavy atom. The molecule has 5 nitrogen and oxygen atoms in total. The van der Waals surface area contributed by atoms with Crippen LogP contribution in [0, 0.1) is 11.6 Å². The second kappa shape index (κ2) is 8.85. The number of hydrogen-bond acceptors (Lipinski definition) is 5. The topological polar surface area (TPSA) is 66.8 Å². The molecule has 0 spiro atoms. The Bertz CT molecular complexity index is 1210. The summed E-state index contributed by atoms with van der Waals surface area (Å²) in [6, 6.07) is 19.5. The van der Waals surface area contributed by atoms with Gasteiger partial charge in [0.1, 0.15) is 28.2 Å². The fraction of sp³-hybridized carbons (Fsp3) is 0.280. The molecule has 1 heterocycles. The summed E-state index contributed by atoms with van der Waals surface area (Å²) in [4.78, 5) is 1.95. The minimum absolute atomic E-state index is 0.00839. The molecule has 3 aromatic carbocycles. The molecule has 1 aliphatic rings. The van der Waals surface area contributed by atoms with Gasteiger partial charge in [-0.1, -0.05) is 42.5 Å². The van der Waals surface area contributed by atoms with Crippen molar-refractivity contribution in [2.24, 2.45) is 0 Å². The molecule has 4 rings (SSSR count). The first kappa shape index (κ1) is 23.4. The lowest BCUT2D eigenvalue weighted by atomic mass is 9.82. The maximum absolute atomic E-state index is 13.9. The second-order valence-corrected chi connectivity index (χ2v) is 10.6. The molecule has 0 aromatic heterocycles. The van der Waals surface area contributed by atoms with Crippen LogP contribution in [0.1, 0.15) is 28.0 Å². The molecule has 174 valence electrons. The molecule has 1 saturated heterocycles. The van der Waals surface area contributed by atoms with E-state index >= 15 is 0 Å². The summed E-state index contributed by atoms with van der Waals surface area (Å²) >= 11 is 0. The van der Waals surface area contributed by atoms with Crippen LogP contribution >= 0.6 is 0 Å². The number of rotatable bonds is 7. The lowest BCUT2D eigenvalue weighted by Crippen LogP contribution is -2.66. The number of methoxy groups -OCH3 is 1. The SMILES string of the molecule is COc1ccc(C(c2ccccc2)N2CC(O)(C(c3cc(F)cc(F)c3)S(C)(=O)=O)C2)cc1. The predicted molar refractivity (Wildman–Crippen MR) is 122 cm³/mol. The molecule has 1 fully saturated rings. The summed E-state index contributed by atoms with van der Waals surface area (Å²) in [7, 11) is -2.30. The van der Waals surface area contributed by atoms with Gasteiger partial charge in [-0.2, -0.15) is 0 Å². The third-order valence-electron chi connectivity index (χ3n) is 5.97. The minimum Gasteiger partial charge on any atom is -0.497 e. The first-order chi connectivity index (χ1) is 15.6. The molecule has 1 aliphatic heterocycles. The van der Waals surface area contributed by atoms with Crippen molar-refractivity contribution in [1.29, 1.82) is 0 Å². The van der Waals surface area contributed by atoms with E-state index in [1.165, 1.54) is 0 Å². The monoisotopic (exact) mass is 473 g/mol. The van der Waals surface area contributed by atoms with Crippen LogP contribution in [0.3, 0.4) is 0 Å². The normalized spacial score (nSPS) is 17.7. The van der Waals surface area contributed by atoms with Crippen LogP contribution in [0.2, 0.25) is 0 Å². The van der Waals surface area contributed by atoms with E-state index in [0.29, 0.717) is 11.8 Å². The maximum Gasteiger partial charge on any atom is 0.157 e. The highest BCUT2D eigenvalue weighted by atomic mass is 32.2. The van der Waals surface area contributed by atoms with Gasteiger partial charge in [-0.05, 0) is 41.0 Å². The zero-order chi connectivity index (χ0) is 23.8. The first-order valence-electron chi connectivity index (χ1n) is 10.4. The summed E-state index contributed by atoms with van der Waals surface area (Å²) in [6.07, 6.45) is 0.971. The minimum atomic E-state index is -3.88. The highest BCUT2D eigenvalue weighted by Crippen LogP contribution is 2.44. The average molecular weight is 474 g/mol. The van der Waals surface area contributed by atoms with E-state index in [2.05, 4.69) is 0 Å². The van der Waals surface area contributed by atoms with Gasteiger partial charge in [-0.15, -0.1) is 0 Å². The van der Waals surface area contributed by atoms with Gasteiger partial charge in [-0.3, -0.25) is 4.90 Å². The molecular formula is C25H25F2NO4S. The Morgan fingerprint density at radius 3 is 1.97 bits per heavy atom. The summed E-state index contributed by atoms with van der Waals surface area (Å²) in [5.74, 6) is -1.08. The van der Waals surface area contributed by atoms with Gasteiger partial charge in [-0.25, -0.2) is 17.2 Å². The predicted octanol–water partition coefficient (Wildman–Crippen LogP) is 3.90. The Labute approximate surface area is 192 Å². The smallest absolute Gasteiger partial charge is 0.157 e. The lowest BCUT2D eigenvalue weighted by molar-refractivity contribution is -0.112. The average Bonchev–Trinajstić information content (AvgIpc) is 2.72. The Morgan fingerprint density at radius 1 is 0.909 bits per heavy atom. The van der Waals surface area contributed by atoms with Gasteiger partial charge in [0.25, 0.3) is 0 Å². The fourth-order valence-corrected chi connectivity index (χ4v) is 6.30.